The van der Waals surface area contributed by atoms with Crippen LogP contribution in [0.1, 0.15) is 30.1 Å². The highest BCUT2D eigenvalue weighted by Gasteiger charge is 2.30. The first kappa shape index (κ1) is 14.1. The molecule has 1 aliphatic carbocycles. The van der Waals surface area contributed by atoms with Crippen molar-refractivity contribution in [3.8, 4) is 0 Å². The normalized spacial score (nSPS) is 21.8. The molecular weight excluding hydrogens is 266 g/mol. The number of carbonyl (C=O) groups is 1. The summed E-state index contributed by atoms with van der Waals surface area (Å²) in [6, 6.07) is 0. The monoisotopic (exact) mass is 285 g/mol. The van der Waals surface area contributed by atoms with Crippen molar-refractivity contribution in [2.45, 2.75) is 25.9 Å². The number of aliphatic hydroxyl groups excluding tert-OH is 1. The summed E-state index contributed by atoms with van der Waals surface area (Å²) >= 11 is 1.20. The minimum Gasteiger partial charge on any atom is -0.462 e. The van der Waals surface area contributed by atoms with Crippen molar-refractivity contribution >= 4 is 28.3 Å². The van der Waals surface area contributed by atoms with Crippen molar-refractivity contribution in [1.82, 2.24) is 4.37 Å². The van der Waals surface area contributed by atoms with E-state index in [0.29, 0.717) is 18.1 Å². The molecule has 0 atom stereocenters. The van der Waals surface area contributed by atoms with Gasteiger partial charge >= 0.3 is 5.97 Å². The molecule has 1 heterocycles. The smallest absolute Gasteiger partial charge is 0.345 e. The van der Waals surface area contributed by atoms with Crippen molar-refractivity contribution in [2.75, 3.05) is 30.8 Å². The van der Waals surface area contributed by atoms with E-state index < -0.39 is 5.97 Å². The summed E-state index contributed by atoms with van der Waals surface area (Å²) in [5.41, 5.74) is 6.10. The quantitative estimate of drug-likeness (QED) is 0.788. The van der Waals surface area contributed by atoms with Crippen LogP contribution >= 0.6 is 11.5 Å². The second kappa shape index (κ2) is 5.75. The fourth-order valence-corrected chi connectivity index (χ4v) is 3.04. The molecule has 1 fully saturated rings. The van der Waals surface area contributed by atoms with Gasteiger partial charge in [-0.2, -0.15) is 4.37 Å². The summed E-state index contributed by atoms with van der Waals surface area (Å²) in [7, 11) is 1.90. The first-order chi connectivity index (χ1) is 9.02. The van der Waals surface area contributed by atoms with Gasteiger partial charge in [0.15, 0.2) is 5.82 Å². The Balaban J connectivity index is 2.08. The molecule has 106 valence electrons. The highest BCUT2D eigenvalue weighted by atomic mass is 32.1. The summed E-state index contributed by atoms with van der Waals surface area (Å²) in [5.74, 6) is 0.251. The largest absolute Gasteiger partial charge is 0.462 e. The summed E-state index contributed by atoms with van der Waals surface area (Å²) in [5, 5.41) is 10.0. The van der Waals surface area contributed by atoms with Crippen LogP contribution in [0.2, 0.25) is 0 Å². The van der Waals surface area contributed by atoms with Gasteiger partial charge in [-0.15, -0.1) is 0 Å². The van der Waals surface area contributed by atoms with Crippen molar-refractivity contribution in [2.24, 2.45) is 5.92 Å². The average molecular weight is 285 g/mol. The predicted octanol–water partition coefficient (Wildman–Crippen LogP) is 1.11. The van der Waals surface area contributed by atoms with Crippen LogP contribution in [0.3, 0.4) is 0 Å². The second-order valence-electron chi connectivity index (χ2n) is 4.84. The Bertz CT molecular complexity index is 457. The maximum atomic E-state index is 11.9. The summed E-state index contributed by atoms with van der Waals surface area (Å²) in [6.45, 7) is 2.85. The molecule has 6 nitrogen and oxygen atoms in total. The molecule has 19 heavy (non-hydrogen) atoms. The molecule has 0 unspecified atom stereocenters. The van der Waals surface area contributed by atoms with E-state index in [1.807, 2.05) is 11.9 Å². The third kappa shape index (κ3) is 2.98. The molecule has 0 aliphatic heterocycles. The minimum atomic E-state index is -0.427. The van der Waals surface area contributed by atoms with Gasteiger partial charge in [0, 0.05) is 13.6 Å². The summed E-state index contributed by atoms with van der Waals surface area (Å²) < 4.78 is 9.04. The van der Waals surface area contributed by atoms with Gasteiger partial charge in [-0.05, 0) is 37.2 Å². The Kier molecular flexibility index (Phi) is 4.26. The van der Waals surface area contributed by atoms with E-state index in [-0.39, 0.29) is 11.9 Å². The van der Waals surface area contributed by atoms with Crippen LogP contribution in [0.25, 0.3) is 0 Å². The standard InChI is InChI=1S/C12H19N3O3S/c1-3-18-12(17)9-10(13)14-19-11(9)15(2)6-7-4-8(16)5-7/h7-8,16H,3-6H2,1-2H3,(H2,13,14). The van der Waals surface area contributed by atoms with Crippen LogP contribution in [-0.2, 0) is 4.74 Å². The van der Waals surface area contributed by atoms with Gasteiger partial charge in [0.25, 0.3) is 0 Å². The number of hydrogen-bond donors (Lipinski definition) is 2. The van der Waals surface area contributed by atoms with Crippen molar-refractivity contribution in [1.29, 1.82) is 0 Å². The maximum Gasteiger partial charge on any atom is 0.345 e. The molecule has 3 N–H and O–H groups in total. The Hall–Kier alpha value is -1.34. The average Bonchev–Trinajstić information content (AvgIpc) is 2.69. The number of nitrogens with two attached hydrogens (primary N) is 1. The molecule has 0 saturated heterocycles. The number of aromatic nitrogens is 1. The van der Waals surface area contributed by atoms with E-state index in [1.165, 1.54) is 11.5 Å². The SMILES string of the molecule is CCOC(=O)c1c(N)nsc1N(C)CC1CC(O)C1. The molecular formula is C12H19N3O3S. The summed E-state index contributed by atoms with van der Waals surface area (Å²) in [6.07, 6.45) is 1.45. The van der Waals surface area contributed by atoms with Crippen LogP contribution in [-0.4, -0.2) is 41.8 Å². The number of nitrogens with zero attached hydrogens (tertiary/aromatic N) is 2. The number of aliphatic hydroxyl groups is 1. The number of nitrogen functional groups attached to an aromatic ring is 1. The van der Waals surface area contributed by atoms with E-state index in [4.69, 9.17) is 10.5 Å². The zero-order valence-electron chi connectivity index (χ0n) is 11.1. The molecule has 0 aromatic carbocycles. The van der Waals surface area contributed by atoms with Crippen LogP contribution < -0.4 is 10.6 Å². The second-order valence-corrected chi connectivity index (χ2v) is 5.59. The lowest BCUT2D eigenvalue weighted by Gasteiger charge is -2.34. The molecule has 1 aromatic rings. The molecule has 0 spiro atoms. The summed E-state index contributed by atoms with van der Waals surface area (Å²) in [4.78, 5) is 13.8. The van der Waals surface area contributed by atoms with Crippen molar-refractivity contribution < 1.29 is 14.6 Å². The Morgan fingerprint density at radius 2 is 2.32 bits per heavy atom. The zero-order valence-corrected chi connectivity index (χ0v) is 11.9. The van der Waals surface area contributed by atoms with Crippen LogP contribution in [0.5, 0.6) is 0 Å². The Morgan fingerprint density at radius 3 is 2.89 bits per heavy atom. The lowest BCUT2D eigenvalue weighted by molar-refractivity contribution is 0.0461. The fourth-order valence-electron chi connectivity index (χ4n) is 2.27. The number of anilines is 2. The Morgan fingerprint density at radius 1 is 1.63 bits per heavy atom. The molecule has 1 aliphatic rings. The topological polar surface area (TPSA) is 88.7 Å². The van der Waals surface area contributed by atoms with E-state index in [0.717, 1.165) is 24.4 Å². The highest BCUT2D eigenvalue weighted by molar-refractivity contribution is 7.11. The highest BCUT2D eigenvalue weighted by Crippen LogP contribution is 2.34. The van der Waals surface area contributed by atoms with E-state index in [2.05, 4.69) is 4.37 Å². The van der Waals surface area contributed by atoms with Gasteiger partial charge in [-0.1, -0.05) is 0 Å². The third-order valence-electron chi connectivity index (χ3n) is 3.27. The lowest BCUT2D eigenvalue weighted by Crippen LogP contribution is -2.37. The maximum absolute atomic E-state index is 11.9. The fraction of sp³-hybridized carbons (Fsp3) is 0.667. The van der Waals surface area contributed by atoms with Crippen molar-refractivity contribution in [3.05, 3.63) is 5.56 Å². The number of carbonyl (C=O) groups excluding carboxylic acids is 1. The molecule has 0 amide bonds. The molecule has 1 aromatic heterocycles. The minimum absolute atomic E-state index is 0.172. The van der Waals surface area contributed by atoms with Gasteiger partial charge < -0.3 is 20.5 Å². The van der Waals surface area contributed by atoms with Gasteiger partial charge in [0.05, 0.1) is 12.7 Å². The molecule has 1 saturated carbocycles. The number of rotatable bonds is 5. The van der Waals surface area contributed by atoms with Crippen LogP contribution in [0.4, 0.5) is 10.8 Å². The van der Waals surface area contributed by atoms with Gasteiger partial charge in [0.2, 0.25) is 0 Å². The van der Waals surface area contributed by atoms with E-state index >= 15 is 0 Å². The number of esters is 1. The molecule has 0 radical (unpaired) electrons. The molecule has 0 bridgehead atoms. The molecule has 2 rings (SSSR count). The first-order valence-electron chi connectivity index (χ1n) is 6.34. The van der Waals surface area contributed by atoms with Gasteiger partial charge in [-0.3, -0.25) is 0 Å². The number of ether oxygens (including phenoxy) is 1. The molecule has 7 heteroatoms. The van der Waals surface area contributed by atoms with Gasteiger partial charge in [0.1, 0.15) is 10.6 Å². The van der Waals surface area contributed by atoms with Crippen LogP contribution in [0.15, 0.2) is 0 Å². The lowest BCUT2D eigenvalue weighted by atomic mass is 9.82. The van der Waals surface area contributed by atoms with Gasteiger partial charge in [-0.25, -0.2) is 4.79 Å². The zero-order chi connectivity index (χ0) is 14.0. The third-order valence-corrected chi connectivity index (χ3v) is 4.25. The van der Waals surface area contributed by atoms with E-state index in [1.54, 1.807) is 6.92 Å². The number of hydrogen-bond acceptors (Lipinski definition) is 7. The van der Waals surface area contributed by atoms with E-state index in [9.17, 15) is 9.90 Å². The van der Waals surface area contributed by atoms with Crippen LogP contribution in [0, 0.1) is 5.92 Å². The van der Waals surface area contributed by atoms with Crippen molar-refractivity contribution in [3.63, 3.8) is 0 Å². The first-order valence-corrected chi connectivity index (χ1v) is 7.11. The Labute approximate surface area is 116 Å². The predicted molar refractivity (Wildman–Crippen MR) is 74.5 cm³/mol.